The van der Waals surface area contributed by atoms with Crippen LogP contribution >= 0.6 is 34.4 Å². The predicted octanol–water partition coefficient (Wildman–Crippen LogP) is 4.55. The standard InChI is InChI=1S/C15H12N4OS3/c1-19-13(11-4-2-6-21-11)17-18-15(19)23-9-10-8-20-14(16-10)12-5-3-7-22-12/h2-8H,9H2,1H3. The van der Waals surface area contributed by atoms with Crippen LogP contribution < -0.4 is 0 Å². The molecule has 0 aromatic carbocycles. The van der Waals surface area contributed by atoms with Crippen molar-refractivity contribution in [2.75, 3.05) is 0 Å². The van der Waals surface area contributed by atoms with Gasteiger partial charge in [0, 0.05) is 12.8 Å². The van der Waals surface area contributed by atoms with Crippen LogP contribution in [0.5, 0.6) is 0 Å². The van der Waals surface area contributed by atoms with E-state index in [0.717, 1.165) is 26.4 Å². The lowest BCUT2D eigenvalue weighted by molar-refractivity contribution is 0.575. The number of hydrogen-bond acceptors (Lipinski definition) is 7. The number of nitrogens with zero attached hydrogens (tertiary/aromatic N) is 4. The molecule has 0 spiro atoms. The van der Waals surface area contributed by atoms with Crippen LogP contribution in [0.1, 0.15) is 5.69 Å². The zero-order valence-electron chi connectivity index (χ0n) is 12.2. The van der Waals surface area contributed by atoms with E-state index in [1.165, 1.54) is 0 Å². The average molecular weight is 360 g/mol. The number of thioether (sulfide) groups is 1. The number of oxazole rings is 1. The Kier molecular flexibility index (Phi) is 4.02. The van der Waals surface area contributed by atoms with E-state index in [0.29, 0.717) is 11.6 Å². The molecule has 23 heavy (non-hydrogen) atoms. The first kappa shape index (κ1) is 14.7. The van der Waals surface area contributed by atoms with Crippen molar-refractivity contribution in [2.45, 2.75) is 10.9 Å². The predicted molar refractivity (Wildman–Crippen MR) is 93.7 cm³/mol. The van der Waals surface area contributed by atoms with Crippen LogP contribution in [0, 0.1) is 0 Å². The molecular weight excluding hydrogens is 348 g/mol. The second kappa shape index (κ2) is 6.31. The van der Waals surface area contributed by atoms with E-state index in [9.17, 15) is 0 Å². The van der Waals surface area contributed by atoms with Gasteiger partial charge < -0.3 is 8.98 Å². The summed E-state index contributed by atoms with van der Waals surface area (Å²) in [6, 6.07) is 8.06. The van der Waals surface area contributed by atoms with Crippen molar-refractivity contribution in [2.24, 2.45) is 7.05 Å². The summed E-state index contributed by atoms with van der Waals surface area (Å²) in [5, 5.41) is 13.5. The summed E-state index contributed by atoms with van der Waals surface area (Å²) in [6.07, 6.45) is 1.71. The van der Waals surface area contributed by atoms with Crippen molar-refractivity contribution in [1.82, 2.24) is 19.7 Å². The summed E-state index contributed by atoms with van der Waals surface area (Å²) in [6.45, 7) is 0. The van der Waals surface area contributed by atoms with Gasteiger partial charge in [0.15, 0.2) is 11.0 Å². The number of hydrogen-bond donors (Lipinski definition) is 0. The molecule has 4 heterocycles. The maximum Gasteiger partial charge on any atom is 0.236 e. The fourth-order valence-electron chi connectivity index (χ4n) is 2.09. The van der Waals surface area contributed by atoms with Gasteiger partial charge in [-0.05, 0) is 22.9 Å². The van der Waals surface area contributed by atoms with Crippen LogP contribution in [-0.2, 0) is 12.8 Å². The second-order valence-corrected chi connectivity index (χ2v) is 7.59. The Bertz CT molecular complexity index is 893. The third-order valence-corrected chi connectivity index (χ3v) is 5.99. The molecule has 116 valence electrons. The van der Waals surface area contributed by atoms with E-state index in [-0.39, 0.29) is 0 Å². The van der Waals surface area contributed by atoms with Gasteiger partial charge >= 0.3 is 0 Å². The maximum atomic E-state index is 5.54. The van der Waals surface area contributed by atoms with Crippen LogP contribution in [0.15, 0.2) is 50.9 Å². The average Bonchev–Trinajstić information content (AvgIpc) is 3.33. The fourth-order valence-corrected chi connectivity index (χ4v) is 4.27. The molecule has 4 aromatic heterocycles. The molecule has 5 nitrogen and oxygen atoms in total. The van der Waals surface area contributed by atoms with E-state index in [1.807, 2.05) is 46.6 Å². The molecule has 0 radical (unpaired) electrons. The molecule has 0 saturated heterocycles. The minimum atomic E-state index is 0.674. The van der Waals surface area contributed by atoms with Crippen molar-refractivity contribution in [3.05, 3.63) is 47.0 Å². The summed E-state index contributed by atoms with van der Waals surface area (Å²) in [5.74, 6) is 2.26. The zero-order chi connectivity index (χ0) is 15.6. The van der Waals surface area contributed by atoms with Gasteiger partial charge in [-0.1, -0.05) is 23.9 Å². The lowest BCUT2D eigenvalue weighted by atomic mass is 10.4. The van der Waals surface area contributed by atoms with E-state index in [2.05, 4.69) is 15.2 Å². The van der Waals surface area contributed by atoms with E-state index in [4.69, 9.17) is 4.42 Å². The third kappa shape index (κ3) is 2.97. The zero-order valence-corrected chi connectivity index (χ0v) is 14.6. The highest BCUT2D eigenvalue weighted by atomic mass is 32.2. The molecule has 4 rings (SSSR count). The highest BCUT2D eigenvalue weighted by Crippen LogP contribution is 2.29. The highest BCUT2D eigenvalue weighted by molar-refractivity contribution is 7.98. The highest BCUT2D eigenvalue weighted by Gasteiger charge is 2.13. The van der Waals surface area contributed by atoms with Gasteiger partial charge in [-0.2, -0.15) is 0 Å². The minimum Gasteiger partial charge on any atom is -0.444 e. The Labute approximate surface area is 145 Å². The van der Waals surface area contributed by atoms with Crippen LogP contribution in [0.3, 0.4) is 0 Å². The molecule has 8 heteroatoms. The molecule has 0 unspecified atom stereocenters. The normalized spacial score (nSPS) is 11.2. The van der Waals surface area contributed by atoms with Gasteiger partial charge in [-0.3, -0.25) is 0 Å². The summed E-state index contributed by atoms with van der Waals surface area (Å²) in [5.41, 5.74) is 0.902. The Morgan fingerprint density at radius 2 is 1.91 bits per heavy atom. The summed E-state index contributed by atoms with van der Waals surface area (Å²) in [7, 11) is 1.98. The molecule has 0 atom stereocenters. The Balaban J connectivity index is 1.48. The van der Waals surface area contributed by atoms with E-state index < -0.39 is 0 Å². The summed E-state index contributed by atoms with van der Waals surface area (Å²) < 4.78 is 7.55. The Morgan fingerprint density at radius 1 is 1.13 bits per heavy atom. The van der Waals surface area contributed by atoms with E-state index >= 15 is 0 Å². The molecule has 0 N–H and O–H groups in total. The minimum absolute atomic E-state index is 0.674. The number of thiophene rings is 2. The first-order valence-electron chi connectivity index (χ1n) is 6.85. The van der Waals surface area contributed by atoms with Crippen molar-refractivity contribution in [3.63, 3.8) is 0 Å². The van der Waals surface area contributed by atoms with Gasteiger partial charge in [0.25, 0.3) is 0 Å². The first-order valence-corrected chi connectivity index (χ1v) is 9.60. The number of rotatable bonds is 5. The molecule has 0 aliphatic carbocycles. The maximum absolute atomic E-state index is 5.54. The second-order valence-electron chi connectivity index (χ2n) is 4.75. The topological polar surface area (TPSA) is 56.7 Å². The van der Waals surface area contributed by atoms with Gasteiger partial charge in [-0.25, -0.2) is 4.98 Å². The summed E-state index contributed by atoms with van der Waals surface area (Å²) >= 11 is 4.88. The number of aromatic nitrogens is 4. The third-order valence-electron chi connectivity index (χ3n) is 3.21. The van der Waals surface area contributed by atoms with Crippen LogP contribution in [0.4, 0.5) is 0 Å². The van der Waals surface area contributed by atoms with Crippen LogP contribution in [0.25, 0.3) is 21.5 Å². The molecule has 4 aromatic rings. The molecule has 0 amide bonds. The van der Waals surface area contributed by atoms with Gasteiger partial charge in [-0.15, -0.1) is 32.9 Å². The fraction of sp³-hybridized carbons (Fsp3) is 0.133. The Hall–Kier alpha value is -1.90. The Morgan fingerprint density at radius 3 is 2.65 bits per heavy atom. The molecule has 0 saturated carbocycles. The van der Waals surface area contributed by atoms with Gasteiger partial charge in [0.2, 0.25) is 5.89 Å². The molecule has 0 fully saturated rings. The van der Waals surface area contributed by atoms with Gasteiger partial charge in [0.1, 0.15) is 6.26 Å². The van der Waals surface area contributed by atoms with Crippen molar-refractivity contribution < 1.29 is 4.42 Å². The molecule has 0 aliphatic rings. The first-order chi connectivity index (χ1) is 11.3. The monoisotopic (exact) mass is 360 g/mol. The van der Waals surface area contributed by atoms with Crippen LogP contribution in [-0.4, -0.2) is 19.7 Å². The largest absolute Gasteiger partial charge is 0.444 e. The summed E-state index contributed by atoms with van der Waals surface area (Å²) in [4.78, 5) is 6.68. The lowest BCUT2D eigenvalue weighted by Crippen LogP contribution is -1.94. The molecular formula is C15H12N4OS3. The quantitative estimate of drug-likeness (QED) is 0.489. The molecule has 0 bridgehead atoms. The smallest absolute Gasteiger partial charge is 0.236 e. The SMILES string of the molecule is Cn1c(SCc2coc(-c3cccs3)n2)nnc1-c1cccs1. The molecule has 0 aliphatic heterocycles. The van der Waals surface area contributed by atoms with E-state index in [1.54, 1.807) is 40.7 Å². The lowest BCUT2D eigenvalue weighted by Gasteiger charge is -2.00. The van der Waals surface area contributed by atoms with Crippen molar-refractivity contribution in [3.8, 4) is 21.5 Å². The van der Waals surface area contributed by atoms with Gasteiger partial charge in [0.05, 0.1) is 15.4 Å². The van der Waals surface area contributed by atoms with Crippen molar-refractivity contribution in [1.29, 1.82) is 0 Å². The van der Waals surface area contributed by atoms with Crippen molar-refractivity contribution >= 4 is 34.4 Å². The van der Waals surface area contributed by atoms with Crippen LogP contribution in [0.2, 0.25) is 0 Å².